The van der Waals surface area contributed by atoms with Gasteiger partial charge in [-0.25, -0.2) is 0 Å². The van der Waals surface area contributed by atoms with Gasteiger partial charge in [0.25, 0.3) is 0 Å². The zero-order valence-electron chi connectivity index (χ0n) is 14.0. The Balaban J connectivity index is 0.00000242. The zero-order valence-corrected chi connectivity index (χ0v) is 16.3. The summed E-state index contributed by atoms with van der Waals surface area (Å²) in [6, 6.07) is 0. The van der Waals surface area contributed by atoms with Crippen LogP contribution in [0.5, 0.6) is 0 Å². The standard InChI is InChI=1S/C16H31N3O2.HI/c1-17-16(18-8-3-9-21-11-10-20-2)19-12-15(13-4-5-13)14-6-7-14;/h13-15H,3-12H2,1-2H3,(H2,17,18,19);1H. The van der Waals surface area contributed by atoms with Gasteiger partial charge in [-0.05, 0) is 49.9 Å². The summed E-state index contributed by atoms with van der Waals surface area (Å²) in [5, 5.41) is 6.86. The lowest BCUT2D eigenvalue weighted by Crippen LogP contribution is -2.41. The summed E-state index contributed by atoms with van der Waals surface area (Å²) in [5.41, 5.74) is 0. The van der Waals surface area contributed by atoms with Gasteiger partial charge in [-0.2, -0.15) is 0 Å². The van der Waals surface area contributed by atoms with Crippen molar-refractivity contribution in [2.75, 3.05) is 47.1 Å². The number of methoxy groups -OCH3 is 1. The molecule has 0 atom stereocenters. The average molecular weight is 425 g/mol. The van der Waals surface area contributed by atoms with E-state index in [9.17, 15) is 0 Å². The number of halogens is 1. The number of nitrogens with zero attached hydrogens (tertiary/aromatic N) is 1. The van der Waals surface area contributed by atoms with Crippen LogP contribution in [0.4, 0.5) is 0 Å². The van der Waals surface area contributed by atoms with Crippen LogP contribution in [0.1, 0.15) is 32.1 Å². The Morgan fingerprint density at radius 1 is 1.09 bits per heavy atom. The second kappa shape index (κ2) is 11.5. The van der Waals surface area contributed by atoms with E-state index in [-0.39, 0.29) is 24.0 Å². The zero-order chi connectivity index (χ0) is 14.9. The van der Waals surface area contributed by atoms with Crippen LogP contribution in [-0.2, 0) is 9.47 Å². The minimum Gasteiger partial charge on any atom is -0.382 e. The van der Waals surface area contributed by atoms with Crippen LogP contribution in [0.15, 0.2) is 4.99 Å². The van der Waals surface area contributed by atoms with Crippen molar-refractivity contribution < 1.29 is 9.47 Å². The molecule has 22 heavy (non-hydrogen) atoms. The van der Waals surface area contributed by atoms with Gasteiger partial charge >= 0.3 is 0 Å². The highest BCUT2D eigenvalue weighted by Crippen LogP contribution is 2.48. The van der Waals surface area contributed by atoms with Crippen molar-refractivity contribution in [3.8, 4) is 0 Å². The van der Waals surface area contributed by atoms with Gasteiger partial charge in [-0.15, -0.1) is 24.0 Å². The summed E-state index contributed by atoms with van der Waals surface area (Å²) in [6.07, 6.45) is 6.74. The molecule has 2 aliphatic carbocycles. The fraction of sp³-hybridized carbons (Fsp3) is 0.938. The predicted octanol–water partition coefficient (Wildman–Crippen LogP) is 2.26. The van der Waals surface area contributed by atoms with E-state index >= 15 is 0 Å². The second-order valence-electron chi connectivity index (χ2n) is 6.18. The van der Waals surface area contributed by atoms with E-state index in [1.54, 1.807) is 7.11 Å². The SMILES string of the molecule is CN=C(NCCCOCCOC)NCC(C1CC1)C1CC1.I. The molecule has 130 valence electrons. The Morgan fingerprint density at radius 2 is 1.77 bits per heavy atom. The van der Waals surface area contributed by atoms with Crippen molar-refractivity contribution in [1.29, 1.82) is 0 Å². The summed E-state index contributed by atoms with van der Waals surface area (Å²) in [4.78, 5) is 4.30. The highest BCUT2D eigenvalue weighted by molar-refractivity contribution is 14.0. The molecule has 0 unspecified atom stereocenters. The van der Waals surface area contributed by atoms with Crippen LogP contribution in [0.3, 0.4) is 0 Å². The Morgan fingerprint density at radius 3 is 2.32 bits per heavy atom. The van der Waals surface area contributed by atoms with Crippen molar-refractivity contribution in [1.82, 2.24) is 10.6 Å². The molecule has 0 radical (unpaired) electrons. The van der Waals surface area contributed by atoms with E-state index in [1.165, 1.54) is 25.7 Å². The Labute approximate surface area is 152 Å². The van der Waals surface area contributed by atoms with Crippen LogP contribution in [0.25, 0.3) is 0 Å². The molecular formula is C16H32IN3O2. The minimum absolute atomic E-state index is 0. The minimum atomic E-state index is 0. The molecule has 2 N–H and O–H groups in total. The van der Waals surface area contributed by atoms with E-state index in [1.807, 2.05) is 7.05 Å². The van der Waals surface area contributed by atoms with Crippen LogP contribution in [0.2, 0.25) is 0 Å². The molecule has 5 nitrogen and oxygen atoms in total. The summed E-state index contributed by atoms with van der Waals surface area (Å²) >= 11 is 0. The molecule has 0 saturated heterocycles. The van der Waals surface area contributed by atoms with Gasteiger partial charge in [0.2, 0.25) is 0 Å². The van der Waals surface area contributed by atoms with Crippen LogP contribution in [0, 0.1) is 17.8 Å². The number of guanidine groups is 1. The van der Waals surface area contributed by atoms with E-state index in [2.05, 4.69) is 15.6 Å². The fourth-order valence-electron chi connectivity index (χ4n) is 2.83. The van der Waals surface area contributed by atoms with E-state index in [0.717, 1.165) is 49.8 Å². The van der Waals surface area contributed by atoms with Gasteiger partial charge in [0.1, 0.15) is 0 Å². The van der Waals surface area contributed by atoms with Crippen LogP contribution >= 0.6 is 24.0 Å². The molecule has 0 aliphatic heterocycles. The van der Waals surface area contributed by atoms with Gasteiger partial charge in [-0.3, -0.25) is 4.99 Å². The molecule has 2 rings (SSSR count). The van der Waals surface area contributed by atoms with Crippen LogP contribution < -0.4 is 10.6 Å². The van der Waals surface area contributed by atoms with Crippen molar-refractivity contribution in [2.24, 2.45) is 22.7 Å². The van der Waals surface area contributed by atoms with Crippen molar-refractivity contribution >= 4 is 29.9 Å². The fourth-order valence-corrected chi connectivity index (χ4v) is 2.83. The third kappa shape index (κ3) is 7.97. The van der Waals surface area contributed by atoms with E-state index < -0.39 is 0 Å². The molecule has 0 spiro atoms. The maximum atomic E-state index is 5.44. The molecule has 2 saturated carbocycles. The van der Waals surface area contributed by atoms with Crippen molar-refractivity contribution in [3.05, 3.63) is 0 Å². The Hall–Kier alpha value is -0.0800. The number of aliphatic imine (C=N–C) groups is 1. The maximum Gasteiger partial charge on any atom is 0.190 e. The van der Waals surface area contributed by atoms with Gasteiger partial charge < -0.3 is 20.1 Å². The monoisotopic (exact) mass is 425 g/mol. The first-order valence-electron chi connectivity index (χ1n) is 8.36. The number of ether oxygens (including phenoxy) is 2. The molecule has 0 amide bonds. The van der Waals surface area contributed by atoms with Crippen molar-refractivity contribution in [2.45, 2.75) is 32.1 Å². The topological polar surface area (TPSA) is 54.9 Å². The molecule has 2 fully saturated rings. The normalized spacial score (nSPS) is 18.2. The largest absolute Gasteiger partial charge is 0.382 e. The third-order valence-electron chi connectivity index (χ3n) is 4.37. The average Bonchev–Trinajstić information content (AvgIpc) is 3.38. The molecule has 0 heterocycles. The molecule has 0 aromatic carbocycles. The highest BCUT2D eigenvalue weighted by atomic mass is 127. The summed E-state index contributed by atoms with van der Waals surface area (Å²) in [6.45, 7) is 4.08. The van der Waals surface area contributed by atoms with Gasteiger partial charge in [-0.1, -0.05) is 0 Å². The number of nitrogens with one attached hydrogen (secondary N) is 2. The lowest BCUT2D eigenvalue weighted by atomic mass is 9.98. The van der Waals surface area contributed by atoms with E-state index in [4.69, 9.17) is 9.47 Å². The van der Waals surface area contributed by atoms with Crippen LogP contribution in [-0.4, -0.2) is 53.0 Å². The molecule has 0 aromatic rings. The molecule has 0 aromatic heterocycles. The molecule has 2 aliphatic rings. The lowest BCUT2D eigenvalue weighted by molar-refractivity contribution is 0.0698. The van der Waals surface area contributed by atoms with Gasteiger partial charge in [0.15, 0.2) is 5.96 Å². The first kappa shape index (κ1) is 20.0. The first-order valence-corrected chi connectivity index (χ1v) is 8.36. The number of hydrogen-bond acceptors (Lipinski definition) is 3. The second-order valence-corrected chi connectivity index (χ2v) is 6.18. The Kier molecular flexibility index (Phi) is 10.4. The molecule has 0 bridgehead atoms. The van der Waals surface area contributed by atoms with Crippen molar-refractivity contribution in [3.63, 3.8) is 0 Å². The number of hydrogen-bond donors (Lipinski definition) is 2. The van der Waals surface area contributed by atoms with Gasteiger partial charge in [0, 0.05) is 33.9 Å². The Bertz CT molecular complexity index is 309. The maximum absolute atomic E-state index is 5.44. The quantitative estimate of drug-likeness (QED) is 0.231. The van der Waals surface area contributed by atoms with E-state index in [0.29, 0.717) is 13.2 Å². The lowest BCUT2D eigenvalue weighted by Gasteiger charge is -2.18. The highest BCUT2D eigenvalue weighted by Gasteiger charge is 2.41. The molecular weight excluding hydrogens is 393 g/mol. The first-order chi connectivity index (χ1) is 10.3. The predicted molar refractivity (Wildman–Crippen MR) is 101 cm³/mol. The smallest absolute Gasteiger partial charge is 0.190 e. The summed E-state index contributed by atoms with van der Waals surface area (Å²) in [5.74, 6) is 3.77. The summed E-state index contributed by atoms with van der Waals surface area (Å²) in [7, 11) is 3.53. The van der Waals surface area contributed by atoms with Gasteiger partial charge in [0.05, 0.1) is 13.2 Å². The third-order valence-corrected chi connectivity index (χ3v) is 4.37. The number of rotatable bonds is 11. The molecule has 6 heteroatoms. The summed E-state index contributed by atoms with van der Waals surface area (Å²) < 4.78 is 10.4.